The van der Waals surface area contributed by atoms with Crippen LogP contribution in [0.1, 0.15) is 43.5 Å². The maximum Gasteiger partial charge on any atom is 0.226 e. The number of fused-ring (bicyclic) bond motifs is 1. The van der Waals surface area contributed by atoms with E-state index in [4.69, 9.17) is 14.2 Å². The summed E-state index contributed by atoms with van der Waals surface area (Å²) in [5.41, 5.74) is 1.18. The van der Waals surface area contributed by atoms with Crippen molar-refractivity contribution in [2.75, 3.05) is 40.5 Å². The van der Waals surface area contributed by atoms with Crippen molar-refractivity contribution in [2.24, 2.45) is 11.8 Å². The maximum absolute atomic E-state index is 12.8. The molecule has 1 amide bonds. The van der Waals surface area contributed by atoms with Gasteiger partial charge in [-0.3, -0.25) is 9.69 Å². The molecule has 0 radical (unpaired) electrons. The van der Waals surface area contributed by atoms with Crippen LogP contribution in [0.2, 0.25) is 0 Å². The Morgan fingerprint density at radius 3 is 2.70 bits per heavy atom. The van der Waals surface area contributed by atoms with Gasteiger partial charge in [0.1, 0.15) is 5.82 Å². The van der Waals surface area contributed by atoms with E-state index in [1.54, 1.807) is 14.2 Å². The Kier molecular flexibility index (Phi) is 7.49. The lowest BCUT2D eigenvalue weighted by Gasteiger charge is -2.24. The smallest absolute Gasteiger partial charge is 0.226 e. The van der Waals surface area contributed by atoms with Gasteiger partial charge in [0.2, 0.25) is 5.91 Å². The van der Waals surface area contributed by atoms with Crippen LogP contribution in [0.3, 0.4) is 0 Å². The number of nitrogens with zero attached hydrogens (tertiary/aromatic N) is 4. The van der Waals surface area contributed by atoms with E-state index >= 15 is 0 Å². The number of hydrogen-bond donors (Lipinski definition) is 1. The number of methoxy groups -OCH3 is 2. The fourth-order valence-electron chi connectivity index (χ4n) is 4.56. The third-order valence-corrected chi connectivity index (χ3v) is 6.54. The van der Waals surface area contributed by atoms with Gasteiger partial charge < -0.3 is 24.1 Å². The number of rotatable bonds is 8. The van der Waals surface area contributed by atoms with Gasteiger partial charge in [-0.1, -0.05) is 19.9 Å². The van der Waals surface area contributed by atoms with Crippen molar-refractivity contribution in [3.05, 3.63) is 35.4 Å². The lowest BCUT2D eigenvalue weighted by atomic mass is 10.0. The molecule has 180 valence electrons. The minimum absolute atomic E-state index is 0.0484. The molecule has 0 spiro atoms. The molecule has 1 aromatic carbocycles. The first-order chi connectivity index (χ1) is 16.0. The number of hydrogen-bond acceptors (Lipinski definition) is 7. The molecule has 2 aromatic rings. The van der Waals surface area contributed by atoms with Crippen LogP contribution in [-0.4, -0.2) is 66.1 Å². The van der Waals surface area contributed by atoms with Crippen molar-refractivity contribution in [1.82, 2.24) is 25.0 Å². The number of ether oxygens (including phenoxy) is 3. The zero-order chi connectivity index (χ0) is 23.4. The van der Waals surface area contributed by atoms with E-state index in [1.807, 2.05) is 12.1 Å². The van der Waals surface area contributed by atoms with Crippen molar-refractivity contribution in [3.63, 3.8) is 0 Å². The molecular formula is C24H35N5O4. The molecule has 1 saturated heterocycles. The molecule has 0 unspecified atom stereocenters. The quantitative estimate of drug-likeness (QED) is 0.650. The van der Waals surface area contributed by atoms with Gasteiger partial charge in [-0.25, -0.2) is 0 Å². The molecule has 2 aliphatic rings. The molecule has 2 aliphatic heterocycles. The Hall–Kier alpha value is -2.65. The first kappa shape index (κ1) is 23.5. The van der Waals surface area contributed by atoms with E-state index in [1.165, 1.54) is 5.56 Å². The van der Waals surface area contributed by atoms with Gasteiger partial charge in [0.05, 0.1) is 32.8 Å². The first-order valence-electron chi connectivity index (χ1n) is 11.7. The lowest BCUT2D eigenvalue weighted by Crippen LogP contribution is -2.38. The Morgan fingerprint density at radius 1 is 1.18 bits per heavy atom. The molecule has 33 heavy (non-hydrogen) atoms. The molecule has 0 saturated carbocycles. The fourth-order valence-corrected chi connectivity index (χ4v) is 4.56. The monoisotopic (exact) mass is 457 g/mol. The van der Waals surface area contributed by atoms with Gasteiger partial charge in [-0.2, -0.15) is 0 Å². The summed E-state index contributed by atoms with van der Waals surface area (Å²) in [5, 5.41) is 12.2. The van der Waals surface area contributed by atoms with E-state index in [-0.39, 0.29) is 23.8 Å². The number of aromatic nitrogens is 3. The summed E-state index contributed by atoms with van der Waals surface area (Å²) in [6, 6.07) is 5.89. The Balaban J connectivity index is 1.45. The normalized spacial score (nSPS) is 19.7. The standard InChI is InChI=1S/C24H35N5O4/c1-16(2)22(25-24(30)18-8-12-33-15-18)23-27-26-21-7-9-28(10-11-29(21)23)14-17-5-6-19(31-3)20(13-17)32-4/h5-6,13,16,18,22H,7-12,14-15H2,1-4H3,(H,25,30)/t18-,22+/m1/s1. The van der Waals surface area contributed by atoms with Crippen LogP contribution >= 0.6 is 0 Å². The maximum atomic E-state index is 12.8. The summed E-state index contributed by atoms with van der Waals surface area (Å²) in [4.78, 5) is 15.2. The van der Waals surface area contributed by atoms with E-state index in [2.05, 4.69) is 44.9 Å². The summed E-state index contributed by atoms with van der Waals surface area (Å²) >= 11 is 0. The third kappa shape index (κ3) is 5.30. The van der Waals surface area contributed by atoms with Crippen molar-refractivity contribution in [2.45, 2.75) is 45.8 Å². The first-order valence-corrected chi connectivity index (χ1v) is 11.7. The van der Waals surface area contributed by atoms with Gasteiger partial charge in [0.25, 0.3) is 0 Å². The van der Waals surface area contributed by atoms with Crippen molar-refractivity contribution in [3.8, 4) is 11.5 Å². The molecule has 1 aromatic heterocycles. The van der Waals surface area contributed by atoms with Crippen LogP contribution in [0.4, 0.5) is 0 Å². The van der Waals surface area contributed by atoms with Crippen molar-refractivity contribution < 1.29 is 19.0 Å². The van der Waals surface area contributed by atoms with Crippen LogP contribution in [0.25, 0.3) is 0 Å². The zero-order valence-electron chi connectivity index (χ0n) is 20.0. The number of benzene rings is 1. The van der Waals surface area contributed by atoms with E-state index in [0.29, 0.717) is 13.2 Å². The van der Waals surface area contributed by atoms with Gasteiger partial charge >= 0.3 is 0 Å². The third-order valence-electron chi connectivity index (χ3n) is 6.54. The van der Waals surface area contributed by atoms with Crippen molar-refractivity contribution in [1.29, 1.82) is 0 Å². The predicted molar refractivity (Wildman–Crippen MR) is 123 cm³/mol. The zero-order valence-corrected chi connectivity index (χ0v) is 20.0. The molecule has 9 nitrogen and oxygen atoms in total. The van der Waals surface area contributed by atoms with Crippen LogP contribution < -0.4 is 14.8 Å². The number of nitrogens with one attached hydrogen (secondary N) is 1. The van der Waals surface area contributed by atoms with E-state index in [9.17, 15) is 4.79 Å². The second-order valence-corrected chi connectivity index (χ2v) is 9.13. The highest BCUT2D eigenvalue weighted by atomic mass is 16.5. The summed E-state index contributed by atoms with van der Waals surface area (Å²) < 4.78 is 18.4. The second kappa shape index (κ2) is 10.5. The highest BCUT2D eigenvalue weighted by Crippen LogP contribution is 2.29. The molecule has 0 bridgehead atoms. The average Bonchev–Trinajstić information content (AvgIpc) is 3.45. The Bertz CT molecular complexity index is 954. The summed E-state index contributed by atoms with van der Waals surface area (Å²) in [7, 11) is 3.30. The summed E-state index contributed by atoms with van der Waals surface area (Å²) in [6.45, 7) is 8.75. The Labute approximate surface area is 195 Å². The van der Waals surface area contributed by atoms with Crippen molar-refractivity contribution >= 4 is 5.91 Å². The van der Waals surface area contributed by atoms with Gasteiger partial charge in [-0.05, 0) is 30.0 Å². The average molecular weight is 458 g/mol. The molecule has 9 heteroatoms. The second-order valence-electron chi connectivity index (χ2n) is 9.13. The highest BCUT2D eigenvalue weighted by molar-refractivity contribution is 5.79. The van der Waals surface area contributed by atoms with Crippen LogP contribution in [0, 0.1) is 11.8 Å². The molecular weight excluding hydrogens is 422 g/mol. The van der Waals surface area contributed by atoms with Crippen LogP contribution in [-0.2, 0) is 29.0 Å². The molecule has 4 rings (SSSR count). The fraction of sp³-hybridized carbons (Fsp3) is 0.625. The van der Waals surface area contributed by atoms with Crippen LogP contribution in [0.5, 0.6) is 11.5 Å². The molecule has 3 heterocycles. The predicted octanol–water partition coefficient (Wildman–Crippen LogP) is 2.20. The summed E-state index contributed by atoms with van der Waals surface area (Å²) in [5.74, 6) is 3.48. The topological polar surface area (TPSA) is 90.7 Å². The minimum Gasteiger partial charge on any atom is -0.493 e. The number of amides is 1. The van der Waals surface area contributed by atoms with Crippen LogP contribution in [0.15, 0.2) is 18.2 Å². The minimum atomic E-state index is -0.170. The van der Waals surface area contributed by atoms with E-state index in [0.717, 1.165) is 62.2 Å². The number of carbonyl (C=O) groups excluding carboxylic acids is 1. The highest BCUT2D eigenvalue weighted by Gasteiger charge is 2.31. The molecule has 1 fully saturated rings. The lowest BCUT2D eigenvalue weighted by molar-refractivity contribution is -0.126. The summed E-state index contributed by atoms with van der Waals surface area (Å²) in [6.07, 6.45) is 1.59. The molecule has 0 aliphatic carbocycles. The molecule has 1 N–H and O–H groups in total. The SMILES string of the molecule is COc1ccc(CN2CCc3nnc([C@@H](NC(=O)[C@@H]4CCOC4)C(C)C)n3CC2)cc1OC. The molecule has 2 atom stereocenters. The van der Waals surface area contributed by atoms with Gasteiger partial charge in [0.15, 0.2) is 17.3 Å². The van der Waals surface area contributed by atoms with Gasteiger partial charge in [0, 0.05) is 39.2 Å². The number of carbonyl (C=O) groups is 1. The Morgan fingerprint density at radius 2 is 2.00 bits per heavy atom. The van der Waals surface area contributed by atoms with E-state index < -0.39 is 0 Å². The largest absolute Gasteiger partial charge is 0.493 e. The van der Waals surface area contributed by atoms with Gasteiger partial charge in [-0.15, -0.1) is 10.2 Å².